The Morgan fingerprint density at radius 3 is 2.56 bits per heavy atom. The molecule has 166 valence electrons. The molecule has 2 aromatic carbocycles. The second-order valence-electron chi connectivity index (χ2n) is 7.85. The van der Waals surface area contributed by atoms with Crippen LogP contribution in [0.15, 0.2) is 59.8 Å². The van der Waals surface area contributed by atoms with Gasteiger partial charge in [0.05, 0.1) is 12.2 Å². The van der Waals surface area contributed by atoms with Crippen LogP contribution < -0.4 is 10.1 Å². The zero-order valence-corrected chi connectivity index (χ0v) is 18.5. The van der Waals surface area contributed by atoms with E-state index in [1.54, 1.807) is 4.68 Å². The highest BCUT2D eigenvalue weighted by Gasteiger charge is 2.34. The highest BCUT2D eigenvalue weighted by Crippen LogP contribution is 2.35. The number of hydrogen-bond donors (Lipinski definition) is 1. The quantitative estimate of drug-likeness (QED) is 0.421. The number of allylic oxidation sites excluding steroid dienone is 1. The van der Waals surface area contributed by atoms with Gasteiger partial charge in [-0.05, 0) is 54.0 Å². The molecule has 8 heteroatoms. The molecule has 0 saturated carbocycles. The summed E-state index contributed by atoms with van der Waals surface area (Å²) in [7, 11) is 0. The van der Waals surface area contributed by atoms with Crippen molar-refractivity contribution >= 4 is 11.9 Å². The lowest BCUT2D eigenvalue weighted by atomic mass is 9.96. The maximum absolute atomic E-state index is 12.9. The second kappa shape index (κ2) is 9.64. The Morgan fingerprint density at radius 2 is 1.84 bits per heavy atom. The van der Waals surface area contributed by atoms with E-state index in [0.29, 0.717) is 30.4 Å². The summed E-state index contributed by atoms with van der Waals surface area (Å²) in [5.74, 6) is 0.861. The summed E-state index contributed by atoms with van der Waals surface area (Å²) in [5, 5.41) is 15.0. The molecule has 0 unspecified atom stereocenters. The molecule has 0 aliphatic carbocycles. The van der Waals surface area contributed by atoms with Gasteiger partial charge in [0, 0.05) is 5.70 Å². The minimum Gasteiger partial charge on any atom is -0.489 e. The first-order chi connectivity index (χ1) is 15.6. The van der Waals surface area contributed by atoms with Crippen molar-refractivity contribution in [3.05, 3.63) is 76.5 Å². The summed E-state index contributed by atoms with van der Waals surface area (Å²) < 4.78 is 13.0. The van der Waals surface area contributed by atoms with Crippen LogP contribution in [-0.4, -0.2) is 32.8 Å². The summed E-state index contributed by atoms with van der Waals surface area (Å²) >= 11 is 0. The van der Waals surface area contributed by atoms with Crippen LogP contribution in [0, 0.1) is 6.92 Å². The van der Waals surface area contributed by atoms with E-state index in [2.05, 4.69) is 59.0 Å². The molecule has 3 aromatic rings. The fourth-order valence-corrected chi connectivity index (χ4v) is 3.57. The molecule has 1 aliphatic rings. The van der Waals surface area contributed by atoms with E-state index >= 15 is 0 Å². The number of aryl methyl sites for hydroxylation is 1. The van der Waals surface area contributed by atoms with Crippen LogP contribution in [0.25, 0.3) is 0 Å². The van der Waals surface area contributed by atoms with Crippen molar-refractivity contribution in [2.75, 3.05) is 11.9 Å². The van der Waals surface area contributed by atoms with Crippen molar-refractivity contribution in [2.45, 2.75) is 46.3 Å². The van der Waals surface area contributed by atoms with Gasteiger partial charge in [-0.15, -0.1) is 0 Å². The number of rotatable bonds is 8. The van der Waals surface area contributed by atoms with E-state index in [9.17, 15) is 4.79 Å². The molecule has 1 N–H and O–H groups in total. The zero-order valence-electron chi connectivity index (χ0n) is 18.5. The molecular formula is C24H27N5O3. The number of unbranched alkanes of at least 4 members (excludes halogenated alkanes) is 1. The topological polar surface area (TPSA) is 91.2 Å². The summed E-state index contributed by atoms with van der Waals surface area (Å²) in [6.07, 6.45) is 1.77. The van der Waals surface area contributed by atoms with E-state index in [-0.39, 0.29) is 5.97 Å². The average molecular weight is 434 g/mol. The molecule has 32 heavy (non-hydrogen) atoms. The molecular weight excluding hydrogens is 406 g/mol. The minimum atomic E-state index is -0.485. The van der Waals surface area contributed by atoms with Crippen molar-refractivity contribution in [3.63, 3.8) is 0 Å². The molecule has 0 amide bonds. The Morgan fingerprint density at radius 1 is 1.09 bits per heavy atom. The van der Waals surface area contributed by atoms with Gasteiger partial charge in [0.2, 0.25) is 5.95 Å². The van der Waals surface area contributed by atoms with Crippen molar-refractivity contribution in [2.24, 2.45) is 0 Å². The third-order valence-electron chi connectivity index (χ3n) is 5.39. The molecule has 0 spiro atoms. The second-order valence-corrected chi connectivity index (χ2v) is 7.85. The van der Waals surface area contributed by atoms with Crippen LogP contribution in [0.1, 0.15) is 49.4 Å². The predicted molar refractivity (Wildman–Crippen MR) is 120 cm³/mol. The monoisotopic (exact) mass is 433 g/mol. The van der Waals surface area contributed by atoms with Crippen molar-refractivity contribution in [3.8, 4) is 5.75 Å². The molecule has 4 rings (SSSR count). The van der Waals surface area contributed by atoms with Gasteiger partial charge in [-0.3, -0.25) is 0 Å². The number of carbonyl (C=O) groups excluding carboxylic acids is 1. The number of esters is 1. The highest BCUT2D eigenvalue weighted by molar-refractivity contribution is 5.92. The van der Waals surface area contributed by atoms with Crippen molar-refractivity contribution in [1.29, 1.82) is 0 Å². The number of anilines is 1. The minimum absolute atomic E-state index is 0.366. The molecule has 8 nitrogen and oxygen atoms in total. The van der Waals surface area contributed by atoms with Gasteiger partial charge >= 0.3 is 5.97 Å². The molecule has 2 heterocycles. The number of fused-ring (bicyclic) bond motifs is 1. The first kappa shape index (κ1) is 21.5. The van der Waals surface area contributed by atoms with E-state index in [4.69, 9.17) is 9.47 Å². The Hall–Kier alpha value is -3.68. The van der Waals surface area contributed by atoms with Gasteiger partial charge in [0.1, 0.15) is 18.4 Å². The highest BCUT2D eigenvalue weighted by atomic mass is 16.5. The SMILES string of the molecule is CCCCOC(=O)C1=C(C)Nc2nnnn2[C@@H]1c1ccc(OCc2ccc(C)cc2)cc1. The third-order valence-corrected chi connectivity index (χ3v) is 5.39. The maximum atomic E-state index is 12.9. The number of carbonyl (C=O) groups is 1. The van der Waals surface area contributed by atoms with Gasteiger partial charge in [-0.1, -0.05) is 60.4 Å². The molecule has 0 saturated heterocycles. The van der Waals surface area contributed by atoms with Crippen molar-refractivity contribution < 1.29 is 14.3 Å². The molecule has 1 aliphatic heterocycles. The smallest absolute Gasteiger partial charge is 0.338 e. The molecule has 0 bridgehead atoms. The Labute approximate surface area is 187 Å². The number of benzene rings is 2. The van der Waals surface area contributed by atoms with Gasteiger partial charge in [0.25, 0.3) is 0 Å². The van der Waals surface area contributed by atoms with Crippen molar-refractivity contribution in [1.82, 2.24) is 20.2 Å². The maximum Gasteiger partial charge on any atom is 0.338 e. The fourth-order valence-electron chi connectivity index (χ4n) is 3.57. The lowest BCUT2D eigenvalue weighted by Gasteiger charge is -2.27. The average Bonchev–Trinajstić information content (AvgIpc) is 3.26. The van der Waals surface area contributed by atoms with Crippen LogP contribution in [-0.2, 0) is 16.1 Å². The van der Waals surface area contributed by atoms with Crippen LogP contribution in [0.2, 0.25) is 0 Å². The summed E-state index contributed by atoms with van der Waals surface area (Å²) in [4.78, 5) is 12.9. The van der Waals surface area contributed by atoms with Gasteiger partial charge in [-0.25, -0.2) is 4.79 Å². The first-order valence-corrected chi connectivity index (χ1v) is 10.8. The van der Waals surface area contributed by atoms with E-state index in [1.165, 1.54) is 5.56 Å². The summed E-state index contributed by atoms with van der Waals surface area (Å²) in [6, 6.07) is 15.4. The van der Waals surface area contributed by atoms with E-state index in [1.807, 2.05) is 31.2 Å². The van der Waals surface area contributed by atoms with Crippen LogP contribution in [0.3, 0.4) is 0 Å². The predicted octanol–water partition coefficient (Wildman–Crippen LogP) is 4.19. The molecule has 0 fully saturated rings. The number of tetrazole rings is 1. The number of ether oxygens (including phenoxy) is 2. The Balaban J connectivity index is 1.55. The Bertz CT molecular complexity index is 1100. The largest absolute Gasteiger partial charge is 0.489 e. The van der Waals surface area contributed by atoms with Gasteiger partial charge in [0.15, 0.2) is 0 Å². The molecule has 0 radical (unpaired) electrons. The summed E-state index contributed by atoms with van der Waals surface area (Å²) in [6.45, 7) is 6.81. The number of nitrogens with zero attached hydrogens (tertiary/aromatic N) is 4. The van der Waals surface area contributed by atoms with E-state index in [0.717, 1.165) is 29.7 Å². The first-order valence-electron chi connectivity index (χ1n) is 10.8. The summed E-state index contributed by atoms with van der Waals surface area (Å²) in [5.41, 5.74) is 4.36. The van der Waals surface area contributed by atoms with Crippen LogP contribution in [0.5, 0.6) is 5.75 Å². The van der Waals surface area contributed by atoms with Crippen LogP contribution >= 0.6 is 0 Å². The van der Waals surface area contributed by atoms with Gasteiger partial charge < -0.3 is 14.8 Å². The normalized spacial score (nSPS) is 15.2. The van der Waals surface area contributed by atoms with Gasteiger partial charge in [-0.2, -0.15) is 4.68 Å². The lowest BCUT2D eigenvalue weighted by Crippen LogP contribution is -2.29. The number of aromatic nitrogens is 4. The third kappa shape index (κ3) is 4.64. The fraction of sp³-hybridized carbons (Fsp3) is 0.333. The van der Waals surface area contributed by atoms with Crippen LogP contribution in [0.4, 0.5) is 5.95 Å². The molecule has 1 atom stereocenters. The van der Waals surface area contributed by atoms with E-state index < -0.39 is 6.04 Å². The standard InChI is InChI=1S/C24H27N5O3/c1-4-5-14-31-23(30)21-17(3)25-24-26-27-28-29(24)22(21)19-10-12-20(13-11-19)32-15-18-8-6-16(2)7-9-18/h6-13,22H,4-5,14-15H2,1-3H3,(H,25,26,28)/t22-/m1/s1. The number of nitrogens with one attached hydrogen (secondary N) is 1. The number of hydrogen-bond acceptors (Lipinski definition) is 7. The Kier molecular flexibility index (Phi) is 6.49. The zero-order chi connectivity index (χ0) is 22.5. The molecule has 1 aromatic heterocycles. The lowest BCUT2D eigenvalue weighted by molar-refractivity contribution is -0.139.